The zero-order chi connectivity index (χ0) is 22.0. The number of anilines is 1. The quantitative estimate of drug-likeness (QED) is 0.566. The molecular formula is C25H23ClN2O3. The first-order chi connectivity index (χ1) is 14.9. The van der Waals surface area contributed by atoms with Gasteiger partial charge < -0.3 is 15.3 Å². The summed E-state index contributed by atoms with van der Waals surface area (Å²) in [5, 5.41) is 12.8. The molecule has 5 nitrogen and oxygen atoms in total. The summed E-state index contributed by atoms with van der Waals surface area (Å²) in [6, 6.07) is 19.9. The minimum atomic E-state index is -0.969. The molecule has 6 heteroatoms. The molecular weight excluding hydrogens is 412 g/mol. The number of carboxylic acid groups (broad SMARTS) is 1. The Hall–Kier alpha value is -3.31. The molecule has 158 valence electrons. The predicted octanol–water partition coefficient (Wildman–Crippen LogP) is 5.09. The second-order valence-corrected chi connectivity index (χ2v) is 8.17. The van der Waals surface area contributed by atoms with Gasteiger partial charge in [-0.2, -0.15) is 0 Å². The van der Waals surface area contributed by atoms with Gasteiger partial charge in [-0.1, -0.05) is 48.0 Å². The van der Waals surface area contributed by atoms with Gasteiger partial charge >= 0.3 is 5.97 Å². The lowest BCUT2D eigenvalue weighted by molar-refractivity contribution is 0.0696. The summed E-state index contributed by atoms with van der Waals surface area (Å²) < 4.78 is 0. The van der Waals surface area contributed by atoms with Crippen LogP contribution in [0.4, 0.5) is 5.69 Å². The first-order valence-electron chi connectivity index (χ1n) is 10.2. The number of aromatic carboxylic acids is 1. The monoisotopic (exact) mass is 434 g/mol. The van der Waals surface area contributed by atoms with Crippen molar-refractivity contribution in [2.75, 3.05) is 11.4 Å². The largest absolute Gasteiger partial charge is 0.478 e. The lowest BCUT2D eigenvalue weighted by Crippen LogP contribution is -2.29. The Balaban J connectivity index is 1.53. The maximum atomic E-state index is 13.2. The summed E-state index contributed by atoms with van der Waals surface area (Å²) in [7, 11) is 0. The number of carbonyl (C=O) groups excluding carboxylic acids is 1. The van der Waals surface area contributed by atoms with Crippen molar-refractivity contribution in [2.45, 2.75) is 25.9 Å². The van der Waals surface area contributed by atoms with Gasteiger partial charge in [-0.25, -0.2) is 4.79 Å². The van der Waals surface area contributed by atoms with Crippen molar-refractivity contribution in [2.24, 2.45) is 0 Å². The molecule has 1 aliphatic heterocycles. The Morgan fingerprint density at radius 3 is 2.45 bits per heavy atom. The third-order valence-corrected chi connectivity index (χ3v) is 5.88. The Morgan fingerprint density at radius 1 is 1.06 bits per heavy atom. The highest BCUT2D eigenvalue weighted by Crippen LogP contribution is 2.33. The van der Waals surface area contributed by atoms with Crippen LogP contribution in [-0.4, -0.2) is 23.5 Å². The minimum absolute atomic E-state index is 0.144. The Kier molecular flexibility index (Phi) is 5.96. The lowest BCUT2D eigenvalue weighted by atomic mass is 10.0. The van der Waals surface area contributed by atoms with Crippen LogP contribution in [0.1, 0.15) is 50.4 Å². The van der Waals surface area contributed by atoms with E-state index in [2.05, 4.69) is 16.3 Å². The number of nitrogens with zero attached hydrogens (tertiary/aromatic N) is 1. The summed E-state index contributed by atoms with van der Waals surface area (Å²) >= 11 is 6.00. The van der Waals surface area contributed by atoms with E-state index in [1.165, 1.54) is 5.56 Å². The summed E-state index contributed by atoms with van der Waals surface area (Å²) in [6.45, 7) is 3.46. The van der Waals surface area contributed by atoms with Gasteiger partial charge in [0.15, 0.2) is 0 Å². The molecule has 0 aliphatic carbocycles. The molecule has 1 unspecified atom stereocenters. The smallest absolute Gasteiger partial charge is 0.335 e. The van der Waals surface area contributed by atoms with Crippen molar-refractivity contribution in [3.63, 3.8) is 0 Å². The number of carbonyl (C=O) groups is 2. The lowest BCUT2D eigenvalue weighted by Gasteiger charge is -2.23. The van der Waals surface area contributed by atoms with Crippen molar-refractivity contribution < 1.29 is 14.7 Å². The number of carboxylic acids is 1. The second-order valence-electron chi connectivity index (χ2n) is 7.73. The van der Waals surface area contributed by atoms with Gasteiger partial charge in [0.25, 0.3) is 5.91 Å². The van der Waals surface area contributed by atoms with E-state index in [0.717, 1.165) is 29.8 Å². The minimum Gasteiger partial charge on any atom is -0.478 e. The number of fused-ring (bicyclic) bond motifs is 1. The number of amides is 1. The molecule has 3 aromatic rings. The van der Waals surface area contributed by atoms with Crippen LogP contribution in [-0.2, 0) is 13.0 Å². The Labute approximate surface area is 186 Å². The van der Waals surface area contributed by atoms with E-state index in [1.54, 1.807) is 24.3 Å². The fourth-order valence-corrected chi connectivity index (χ4v) is 4.08. The van der Waals surface area contributed by atoms with Crippen LogP contribution in [0.2, 0.25) is 5.02 Å². The van der Waals surface area contributed by atoms with Crippen molar-refractivity contribution in [1.29, 1.82) is 0 Å². The molecule has 0 radical (unpaired) electrons. The van der Waals surface area contributed by atoms with Gasteiger partial charge in [-0.3, -0.25) is 4.79 Å². The van der Waals surface area contributed by atoms with Crippen molar-refractivity contribution >= 4 is 29.2 Å². The highest BCUT2D eigenvalue weighted by molar-refractivity contribution is 6.30. The zero-order valence-corrected chi connectivity index (χ0v) is 17.9. The molecule has 0 saturated heterocycles. The average Bonchev–Trinajstić information content (AvgIpc) is 3.18. The van der Waals surface area contributed by atoms with Crippen LogP contribution >= 0.6 is 11.6 Å². The Bertz CT molecular complexity index is 1110. The van der Waals surface area contributed by atoms with Gasteiger partial charge in [0.2, 0.25) is 0 Å². The van der Waals surface area contributed by atoms with Crippen LogP contribution in [0.3, 0.4) is 0 Å². The molecule has 0 spiro atoms. The van der Waals surface area contributed by atoms with Crippen LogP contribution in [0.5, 0.6) is 0 Å². The number of benzene rings is 3. The SMILES string of the molecule is CC(NC(=O)c1cccc2c1N(Cc1ccc(Cl)cc1)CC2)c1ccc(C(=O)O)cc1. The molecule has 4 rings (SSSR count). The van der Waals surface area contributed by atoms with Crippen molar-refractivity contribution in [3.05, 3.63) is 99.6 Å². The molecule has 3 aromatic carbocycles. The fraction of sp³-hybridized carbons (Fsp3) is 0.200. The zero-order valence-electron chi connectivity index (χ0n) is 17.1. The summed E-state index contributed by atoms with van der Waals surface area (Å²) in [4.78, 5) is 26.4. The summed E-state index contributed by atoms with van der Waals surface area (Å²) in [5.74, 6) is -1.11. The first-order valence-corrected chi connectivity index (χ1v) is 10.6. The summed E-state index contributed by atoms with van der Waals surface area (Å²) in [5.41, 5.74) is 5.01. The van der Waals surface area contributed by atoms with Gasteiger partial charge in [0.1, 0.15) is 0 Å². The average molecular weight is 435 g/mol. The predicted molar refractivity (Wildman–Crippen MR) is 122 cm³/mol. The van der Waals surface area contributed by atoms with E-state index in [9.17, 15) is 9.59 Å². The van der Waals surface area contributed by atoms with E-state index in [1.807, 2.05) is 43.3 Å². The molecule has 0 fully saturated rings. The number of hydrogen-bond acceptors (Lipinski definition) is 3. The number of halogens is 1. The van der Waals surface area contributed by atoms with Gasteiger partial charge in [-0.05, 0) is 60.4 Å². The van der Waals surface area contributed by atoms with Gasteiger partial charge in [0.05, 0.1) is 22.9 Å². The van der Waals surface area contributed by atoms with E-state index in [4.69, 9.17) is 16.7 Å². The molecule has 0 bridgehead atoms. The topological polar surface area (TPSA) is 69.6 Å². The molecule has 1 heterocycles. The number of rotatable bonds is 6. The standard InChI is InChI=1S/C25H23ClN2O3/c1-16(18-7-9-20(10-8-18)25(30)31)27-24(29)22-4-2-3-19-13-14-28(23(19)22)15-17-5-11-21(26)12-6-17/h2-12,16H,13-15H2,1H3,(H,27,29)(H,30,31). The van der Waals surface area contributed by atoms with E-state index in [-0.39, 0.29) is 17.5 Å². The van der Waals surface area contributed by atoms with Crippen molar-refractivity contribution in [3.8, 4) is 0 Å². The Morgan fingerprint density at radius 2 is 1.77 bits per heavy atom. The summed E-state index contributed by atoms with van der Waals surface area (Å²) in [6.07, 6.45) is 0.899. The van der Waals surface area contributed by atoms with E-state index < -0.39 is 5.97 Å². The van der Waals surface area contributed by atoms with Crippen LogP contribution < -0.4 is 10.2 Å². The number of para-hydroxylation sites is 1. The molecule has 0 aromatic heterocycles. The molecule has 31 heavy (non-hydrogen) atoms. The highest BCUT2D eigenvalue weighted by Gasteiger charge is 2.26. The maximum Gasteiger partial charge on any atom is 0.335 e. The molecule has 1 atom stereocenters. The van der Waals surface area contributed by atoms with Crippen molar-refractivity contribution in [1.82, 2.24) is 5.32 Å². The van der Waals surface area contributed by atoms with E-state index in [0.29, 0.717) is 17.1 Å². The normalized spacial score (nSPS) is 13.5. The fourth-order valence-electron chi connectivity index (χ4n) is 3.96. The molecule has 0 saturated carbocycles. The number of hydrogen-bond donors (Lipinski definition) is 2. The molecule has 2 N–H and O–H groups in total. The first kappa shape index (κ1) is 20.9. The van der Waals surface area contributed by atoms with Gasteiger partial charge in [-0.15, -0.1) is 0 Å². The number of nitrogens with one attached hydrogen (secondary N) is 1. The maximum absolute atomic E-state index is 13.2. The molecule has 1 amide bonds. The highest BCUT2D eigenvalue weighted by atomic mass is 35.5. The van der Waals surface area contributed by atoms with Crippen LogP contribution in [0.25, 0.3) is 0 Å². The second kappa shape index (κ2) is 8.82. The van der Waals surface area contributed by atoms with E-state index >= 15 is 0 Å². The van der Waals surface area contributed by atoms with Crippen LogP contribution in [0.15, 0.2) is 66.7 Å². The molecule has 1 aliphatic rings. The third-order valence-electron chi connectivity index (χ3n) is 5.62. The van der Waals surface area contributed by atoms with Gasteiger partial charge in [0, 0.05) is 18.1 Å². The third kappa shape index (κ3) is 4.57. The van der Waals surface area contributed by atoms with Crippen LogP contribution in [0, 0.1) is 0 Å².